The van der Waals surface area contributed by atoms with E-state index in [1.165, 1.54) is 30.6 Å². The van der Waals surface area contributed by atoms with Crippen LogP contribution in [0.25, 0.3) is 0 Å². The number of nitrogens with one attached hydrogen (secondary N) is 1. The van der Waals surface area contributed by atoms with Gasteiger partial charge in [0, 0.05) is 43.7 Å². The number of anilines is 1. The van der Waals surface area contributed by atoms with Gasteiger partial charge in [-0.3, -0.25) is 14.5 Å². The highest BCUT2D eigenvalue weighted by Gasteiger charge is 2.28. The van der Waals surface area contributed by atoms with Gasteiger partial charge in [-0.05, 0) is 12.8 Å². The Morgan fingerprint density at radius 3 is 2.57 bits per heavy atom. The molecule has 1 aromatic rings. The molecule has 2 heterocycles. The van der Waals surface area contributed by atoms with E-state index in [1.54, 1.807) is 6.20 Å². The Morgan fingerprint density at radius 2 is 1.91 bits per heavy atom. The molecule has 0 radical (unpaired) electrons. The number of nitrogens with zero attached hydrogens (tertiary/aromatic N) is 3. The van der Waals surface area contributed by atoms with E-state index in [1.807, 2.05) is 10.3 Å². The Morgan fingerprint density at radius 1 is 1.17 bits per heavy atom. The summed E-state index contributed by atoms with van der Waals surface area (Å²) in [6, 6.07) is 0. The molecule has 0 aromatic carbocycles. The molecule has 0 atom stereocenters. The van der Waals surface area contributed by atoms with Crippen molar-refractivity contribution in [2.24, 2.45) is 5.92 Å². The SMILES string of the molecule is O=C(CN1CCN(C(=O)C2CCCCC2)CC1)Nc1nccs1. The highest BCUT2D eigenvalue weighted by Crippen LogP contribution is 2.25. The van der Waals surface area contributed by atoms with Crippen molar-refractivity contribution < 1.29 is 9.59 Å². The number of hydrogen-bond donors (Lipinski definition) is 1. The van der Waals surface area contributed by atoms with Gasteiger partial charge in [0.15, 0.2) is 5.13 Å². The second-order valence-corrected chi connectivity index (χ2v) is 7.22. The molecular formula is C16H24N4O2S. The van der Waals surface area contributed by atoms with Crippen LogP contribution in [-0.2, 0) is 9.59 Å². The normalized spacial score (nSPS) is 20.4. The zero-order chi connectivity index (χ0) is 16.1. The average Bonchev–Trinajstić information content (AvgIpc) is 3.08. The molecule has 1 N–H and O–H groups in total. The second kappa shape index (κ2) is 7.88. The molecule has 0 spiro atoms. The average molecular weight is 336 g/mol. The number of piperazine rings is 1. The highest BCUT2D eigenvalue weighted by atomic mass is 32.1. The topological polar surface area (TPSA) is 65.5 Å². The van der Waals surface area contributed by atoms with E-state index >= 15 is 0 Å². The molecule has 3 rings (SSSR count). The van der Waals surface area contributed by atoms with Gasteiger partial charge in [-0.15, -0.1) is 11.3 Å². The van der Waals surface area contributed by atoms with Crippen LogP contribution in [0.1, 0.15) is 32.1 Å². The molecule has 1 saturated carbocycles. The maximum Gasteiger partial charge on any atom is 0.240 e. The van der Waals surface area contributed by atoms with E-state index in [9.17, 15) is 9.59 Å². The monoisotopic (exact) mass is 336 g/mol. The van der Waals surface area contributed by atoms with E-state index in [-0.39, 0.29) is 11.8 Å². The first-order chi connectivity index (χ1) is 11.2. The van der Waals surface area contributed by atoms with Crippen molar-refractivity contribution >= 4 is 28.3 Å². The summed E-state index contributed by atoms with van der Waals surface area (Å²) in [6.45, 7) is 3.37. The lowest BCUT2D eigenvalue weighted by Gasteiger charge is -2.36. The van der Waals surface area contributed by atoms with Crippen LogP contribution < -0.4 is 5.32 Å². The molecule has 1 aliphatic carbocycles. The lowest BCUT2D eigenvalue weighted by atomic mass is 9.88. The first-order valence-corrected chi connectivity index (χ1v) is 9.31. The van der Waals surface area contributed by atoms with Crippen molar-refractivity contribution in [1.82, 2.24) is 14.8 Å². The van der Waals surface area contributed by atoms with Gasteiger partial charge in [0.05, 0.1) is 6.54 Å². The molecule has 126 valence electrons. The minimum Gasteiger partial charge on any atom is -0.340 e. The van der Waals surface area contributed by atoms with Crippen LogP contribution in [-0.4, -0.2) is 59.3 Å². The summed E-state index contributed by atoms with van der Waals surface area (Å²) in [6.07, 6.45) is 7.42. The van der Waals surface area contributed by atoms with Crippen LogP contribution >= 0.6 is 11.3 Å². The first-order valence-electron chi connectivity index (χ1n) is 8.43. The maximum absolute atomic E-state index is 12.5. The number of hydrogen-bond acceptors (Lipinski definition) is 5. The second-order valence-electron chi connectivity index (χ2n) is 6.32. The Labute approximate surface area is 140 Å². The smallest absolute Gasteiger partial charge is 0.240 e. The maximum atomic E-state index is 12.5. The number of rotatable bonds is 4. The molecule has 0 unspecified atom stereocenters. The fourth-order valence-corrected chi connectivity index (χ4v) is 3.93. The molecule has 1 aliphatic heterocycles. The predicted molar refractivity (Wildman–Crippen MR) is 90.3 cm³/mol. The van der Waals surface area contributed by atoms with Gasteiger partial charge in [-0.1, -0.05) is 19.3 Å². The molecule has 2 fully saturated rings. The quantitative estimate of drug-likeness (QED) is 0.911. The summed E-state index contributed by atoms with van der Waals surface area (Å²) < 4.78 is 0. The van der Waals surface area contributed by atoms with Gasteiger partial charge in [0.25, 0.3) is 0 Å². The summed E-state index contributed by atoms with van der Waals surface area (Å²) in [5.41, 5.74) is 0. The minimum atomic E-state index is -0.0352. The lowest BCUT2D eigenvalue weighted by molar-refractivity contribution is -0.138. The third-order valence-electron chi connectivity index (χ3n) is 4.68. The Kier molecular flexibility index (Phi) is 5.61. The Balaban J connectivity index is 1.41. The van der Waals surface area contributed by atoms with Crippen molar-refractivity contribution in [3.05, 3.63) is 11.6 Å². The van der Waals surface area contributed by atoms with E-state index in [0.29, 0.717) is 17.6 Å². The summed E-state index contributed by atoms with van der Waals surface area (Å²) in [7, 11) is 0. The third kappa shape index (κ3) is 4.51. The van der Waals surface area contributed by atoms with Gasteiger partial charge in [0.1, 0.15) is 0 Å². The van der Waals surface area contributed by atoms with Gasteiger partial charge < -0.3 is 10.2 Å². The number of carbonyl (C=O) groups excluding carboxylic acids is 2. The van der Waals surface area contributed by atoms with Gasteiger partial charge >= 0.3 is 0 Å². The van der Waals surface area contributed by atoms with Crippen LogP contribution in [0.3, 0.4) is 0 Å². The molecule has 0 bridgehead atoms. The van der Waals surface area contributed by atoms with Crippen LogP contribution in [0.4, 0.5) is 5.13 Å². The largest absolute Gasteiger partial charge is 0.340 e. The molecule has 1 saturated heterocycles. The van der Waals surface area contributed by atoms with Crippen LogP contribution in [0.15, 0.2) is 11.6 Å². The molecule has 2 amide bonds. The number of amides is 2. The van der Waals surface area contributed by atoms with Gasteiger partial charge in [0.2, 0.25) is 11.8 Å². The molecule has 23 heavy (non-hydrogen) atoms. The molecule has 2 aliphatic rings. The van der Waals surface area contributed by atoms with E-state index in [4.69, 9.17) is 0 Å². The van der Waals surface area contributed by atoms with Crippen LogP contribution in [0, 0.1) is 5.92 Å². The fourth-order valence-electron chi connectivity index (χ4n) is 3.38. The summed E-state index contributed by atoms with van der Waals surface area (Å²) >= 11 is 1.42. The standard InChI is InChI=1S/C16H24N4O2S/c21-14(18-16-17-6-11-23-16)12-19-7-9-20(10-8-19)15(22)13-4-2-1-3-5-13/h6,11,13H,1-5,7-10,12H2,(H,17,18,21). The van der Waals surface area contributed by atoms with E-state index < -0.39 is 0 Å². The van der Waals surface area contributed by atoms with Gasteiger partial charge in [-0.2, -0.15) is 0 Å². The summed E-state index contributed by atoms with van der Waals surface area (Å²) in [5, 5.41) is 5.28. The first kappa shape index (κ1) is 16.4. The molecular weight excluding hydrogens is 312 g/mol. The zero-order valence-corrected chi connectivity index (χ0v) is 14.2. The van der Waals surface area contributed by atoms with E-state index in [2.05, 4.69) is 15.2 Å². The van der Waals surface area contributed by atoms with Crippen molar-refractivity contribution in [1.29, 1.82) is 0 Å². The fraction of sp³-hybridized carbons (Fsp3) is 0.688. The Bertz CT molecular complexity index is 520. The van der Waals surface area contributed by atoms with E-state index in [0.717, 1.165) is 39.0 Å². The summed E-state index contributed by atoms with van der Waals surface area (Å²) in [5.74, 6) is 0.534. The van der Waals surface area contributed by atoms with Crippen LogP contribution in [0.2, 0.25) is 0 Å². The van der Waals surface area contributed by atoms with Crippen molar-refractivity contribution in [3.63, 3.8) is 0 Å². The van der Waals surface area contributed by atoms with Crippen molar-refractivity contribution in [2.45, 2.75) is 32.1 Å². The Hall–Kier alpha value is -1.47. The van der Waals surface area contributed by atoms with Crippen molar-refractivity contribution in [3.8, 4) is 0 Å². The van der Waals surface area contributed by atoms with Gasteiger partial charge in [-0.25, -0.2) is 4.98 Å². The molecule has 7 heteroatoms. The van der Waals surface area contributed by atoms with Crippen molar-refractivity contribution in [2.75, 3.05) is 38.0 Å². The predicted octanol–water partition coefficient (Wildman–Crippen LogP) is 1.81. The number of carbonyl (C=O) groups is 2. The molecule has 1 aromatic heterocycles. The lowest BCUT2D eigenvalue weighted by Crippen LogP contribution is -2.52. The third-order valence-corrected chi connectivity index (χ3v) is 5.37. The number of aromatic nitrogens is 1. The highest BCUT2D eigenvalue weighted by molar-refractivity contribution is 7.13. The summed E-state index contributed by atoms with van der Waals surface area (Å²) in [4.78, 5) is 32.6. The molecule has 6 nitrogen and oxygen atoms in total. The minimum absolute atomic E-state index is 0.0352. The zero-order valence-electron chi connectivity index (χ0n) is 13.4. The number of thiazole rings is 1. The van der Waals surface area contributed by atoms with Crippen LogP contribution in [0.5, 0.6) is 0 Å².